The monoisotopic (exact) mass is 648 g/mol. The van der Waals surface area contributed by atoms with Crippen LogP contribution >= 0.6 is 0 Å². The number of rotatable bonds is 15. The van der Waals surface area contributed by atoms with Crippen LogP contribution in [0.1, 0.15) is 54.4 Å². The van der Waals surface area contributed by atoms with Gasteiger partial charge in [-0.1, -0.05) is 141 Å². The zero-order chi connectivity index (χ0) is 32.8. The third-order valence-corrected chi connectivity index (χ3v) is 9.27. The summed E-state index contributed by atoms with van der Waals surface area (Å²) in [6.07, 6.45) is 3.81. The van der Waals surface area contributed by atoms with Gasteiger partial charge in [0.15, 0.2) is 0 Å². The Morgan fingerprint density at radius 1 is 0.562 bits per heavy atom. The van der Waals surface area contributed by atoms with Crippen molar-refractivity contribution in [2.45, 2.75) is 95.0 Å². The minimum atomic E-state index is -0.668. The molecule has 1 amide bonds. The van der Waals surface area contributed by atoms with Gasteiger partial charge in [-0.3, -0.25) is 10.1 Å². The van der Waals surface area contributed by atoms with Crippen molar-refractivity contribution >= 4 is 5.91 Å². The maximum atomic E-state index is 14.2. The Hall–Kier alpha value is -3.85. The Morgan fingerprint density at radius 3 is 1.50 bits per heavy atom. The highest BCUT2D eigenvalue weighted by atomic mass is 16.6. The lowest BCUT2D eigenvalue weighted by Gasteiger charge is -2.46. The van der Waals surface area contributed by atoms with E-state index in [1.54, 1.807) is 0 Å². The van der Waals surface area contributed by atoms with Crippen LogP contribution in [0.25, 0.3) is 0 Å². The second-order valence-corrected chi connectivity index (χ2v) is 12.9. The van der Waals surface area contributed by atoms with Gasteiger partial charge in [-0.15, -0.1) is 0 Å². The molecule has 6 rings (SSSR count). The maximum absolute atomic E-state index is 14.2. The Kier molecular flexibility index (Phi) is 12.8. The van der Waals surface area contributed by atoms with Crippen LogP contribution in [0.15, 0.2) is 121 Å². The van der Waals surface area contributed by atoms with Crippen LogP contribution in [0.5, 0.6) is 0 Å². The van der Waals surface area contributed by atoms with Gasteiger partial charge in [-0.05, 0) is 35.1 Å². The fourth-order valence-corrected chi connectivity index (χ4v) is 6.70. The second-order valence-electron chi connectivity index (χ2n) is 12.9. The van der Waals surface area contributed by atoms with Gasteiger partial charge in [0.25, 0.3) is 0 Å². The van der Waals surface area contributed by atoms with Crippen molar-refractivity contribution in [1.29, 1.82) is 0 Å². The Bertz CT molecular complexity index is 1480. The van der Waals surface area contributed by atoms with Gasteiger partial charge < -0.3 is 24.3 Å². The normalized spacial score (nSPS) is 23.0. The van der Waals surface area contributed by atoms with Crippen molar-refractivity contribution in [3.8, 4) is 0 Å². The lowest BCUT2D eigenvalue weighted by molar-refractivity contribution is -0.196. The standard InChI is InChI=1S/C41H48N2O5/c44-41(42-35-24-14-5-15-25-35)37-39(47-28-33-20-10-3-11-21-33)40(48-29-34-22-12-4-13-23-34)38(46-27-32-18-8-2-9-19-32)36(43-37)30-45-26-31-16-6-1-7-17-31/h1-4,6-13,16-23,35-40,43H,5,14-15,24-30H2,(H,42,44)/t36-,37+,38-,39+,40+/m1/s1. The average Bonchev–Trinajstić information content (AvgIpc) is 3.14. The Balaban J connectivity index is 1.30. The van der Waals surface area contributed by atoms with E-state index in [9.17, 15) is 4.79 Å². The number of piperidine rings is 1. The number of nitrogens with one attached hydrogen (secondary N) is 2. The molecule has 2 fully saturated rings. The number of hydrogen-bond donors (Lipinski definition) is 2. The minimum Gasteiger partial charge on any atom is -0.375 e. The van der Waals surface area contributed by atoms with Crippen LogP contribution in [0.4, 0.5) is 0 Å². The van der Waals surface area contributed by atoms with Gasteiger partial charge in [-0.25, -0.2) is 0 Å². The largest absolute Gasteiger partial charge is 0.375 e. The number of ether oxygens (including phenoxy) is 4. The van der Waals surface area contributed by atoms with E-state index >= 15 is 0 Å². The zero-order valence-corrected chi connectivity index (χ0v) is 27.6. The lowest BCUT2D eigenvalue weighted by Crippen LogP contribution is -2.71. The summed E-state index contributed by atoms with van der Waals surface area (Å²) in [5.41, 5.74) is 4.21. The molecule has 48 heavy (non-hydrogen) atoms. The molecule has 0 unspecified atom stereocenters. The van der Waals surface area contributed by atoms with Gasteiger partial charge in [0.1, 0.15) is 24.4 Å². The first-order valence-electron chi connectivity index (χ1n) is 17.4. The summed E-state index contributed by atoms with van der Waals surface area (Å²) in [5, 5.41) is 7.03. The van der Waals surface area contributed by atoms with Crippen LogP contribution in [-0.4, -0.2) is 49.0 Å². The summed E-state index contributed by atoms with van der Waals surface area (Å²) >= 11 is 0. The van der Waals surface area contributed by atoms with Crippen LogP contribution in [0.2, 0.25) is 0 Å². The highest BCUT2D eigenvalue weighted by molar-refractivity contribution is 5.83. The van der Waals surface area contributed by atoms with Crippen molar-refractivity contribution < 1.29 is 23.7 Å². The molecular weight excluding hydrogens is 600 g/mol. The topological polar surface area (TPSA) is 78.1 Å². The van der Waals surface area contributed by atoms with E-state index in [4.69, 9.17) is 18.9 Å². The van der Waals surface area contributed by atoms with Gasteiger partial charge in [0.2, 0.25) is 5.91 Å². The summed E-state index contributed by atoms with van der Waals surface area (Å²) in [4.78, 5) is 14.2. The van der Waals surface area contributed by atoms with Gasteiger partial charge in [0.05, 0.1) is 39.1 Å². The molecule has 4 aromatic rings. The lowest BCUT2D eigenvalue weighted by atomic mass is 9.88. The van der Waals surface area contributed by atoms with Crippen molar-refractivity contribution in [2.75, 3.05) is 6.61 Å². The average molecular weight is 649 g/mol. The van der Waals surface area contributed by atoms with Crippen LogP contribution in [0, 0.1) is 0 Å². The molecule has 0 spiro atoms. The molecule has 0 radical (unpaired) electrons. The summed E-state index contributed by atoms with van der Waals surface area (Å²) < 4.78 is 26.6. The van der Waals surface area contributed by atoms with Crippen LogP contribution < -0.4 is 10.6 Å². The van der Waals surface area contributed by atoms with Crippen molar-refractivity contribution in [2.24, 2.45) is 0 Å². The van der Waals surface area contributed by atoms with Gasteiger partial charge in [-0.2, -0.15) is 0 Å². The molecule has 1 aliphatic heterocycles. The van der Waals surface area contributed by atoms with E-state index in [0.717, 1.165) is 47.9 Å². The smallest absolute Gasteiger partial charge is 0.240 e. The van der Waals surface area contributed by atoms with Gasteiger partial charge in [0, 0.05) is 6.04 Å². The highest BCUT2D eigenvalue weighted by Crippen LogP contribution is 2.28. The van der Waals surface area contributed by atoms with Crippen LogP contribution in [0.3, 0.4) is 0 Å². The maximum Gasteiger partial charge on any atom is 0.240 e. The van der Waals surface area contributed by atoms with E-state index in [1.807, 2.05) is 84.9 Å². The van der Waals surface area contributed by atoms with Crippen molar-refractivity contribution in [1.82, 2.24) is 10.6 Å². The first-order valence-corrected chi connectivity index (χ1v) is 17.4. The highest BCUT2D eigenvalue weighted by Gasteiger charge is 2.50. The number of amides is 1. The predicted octanol–water partition coefficient (Wildman–Crippen LogP) is 6.75. The van der Waals surface area contributed by atoms with Gasteiger partial charge >= 0.3 is 0 Å². The van der Waals surface area contributed by atoms with Crippen molar-refractivity contribution in [3.63, 3.8) is 0 Å². The molecule has 5 atom stereocenters. The number of benzene rings is 4. The molecule has 2 N–H and O–H groups in total. The van der Waals surface area contributed by atoms with E-state index < -0.39 is 24.4 Å². The fourth-order valence-electron chi connectivity index (χ4n) is 6.70. The number of carbonyl (C=O) groups is 1. The quantitative estimate of drug-likeness (QED) is 0.149. The summed E-state index contributed by atoms with van der Waals surface area (Å²) in [6, 6.07) is 39.6. The molecule has 1 aliphatic carbocycles. The minimum absolute atomic E-state index is 0.0668. The van der Waals surface area contributed by atoms with Crippen LogP contribution in [-0.2, 0) is 50.2 Å². The number of carbonyl (C=O) groups excluding carboxylic acids is 1. The molecular formula is C41H48N2O5. The third kappa shape index (κ3) is 9.84. The summed E-state index contributed by atoms with van der Waals surface area (Å²) in [5.74, 6) is -0.0668. The van der Waals surface area contributed by atoms with E-state index in [-0.39, 0.29) is 18.0 Å². The second kappa shape index (κ2) is 18.1. The first-order chi connectivity index (χ1) is 23.7. The molecule has 0 bridgehead atoms. The molecule has 1 saturated heterocycles. The first kappa shape index (κ1) is 34.0. The summed E-state index contributed by atoms with van der Waals surface area (Å²) in [6.45, 7) is 1.87. The molecule has 1 heterocycles. The molecule has 4 aromatic carbocycles. The Labute approximate surface area is 285 Å². The third-order valence-electron chi connectivity index (χ3n) is 9.27. The SMILES string of the molecule is O=C(NC1CCCCC1)[C@H]1N[C@H](COCc2ccccc2)[C@@H](OCc2ccccc2)[C@H](OCc2ccccc2)[C@H]1OCc1ccccc1. The number of hydrogen-bond acceptors (Lipinski definition) is 6. The van der Waals surface area contributed by atoms with E-state index in [2.05, 4.69) is 47.0 Å². The van der Waals surface area contributed by atoms with Crippen molar-refractivity contribution in [3.05, 3.63) is 144 Å². The van der Waals surface area contributed by atoms with E-state index in [0.29, 0.717) is 33.0 Å². The zero-order valence-electron chi connectivity index (χ0n) is 27.6. The summed E-state index contributed by atoms with van der Waals surface area (Å²) in [7, 11) is 0. The fraction of sp³-hybridized carbons (Fsp3) is 0.390. The molecule has 0 aromatic heterocycles. The molecule has 7 nitrogen and oxygen atoms in total. The molecule has 252 valence electrons. The predicted molar refractivity (Wildman–Crippen MR) is 187 cm³/mol. The molecule has 7 heteroatoms. The molecule has 1 saturated carbocycles. The van der Waals surface area contributed by atoms with E-state index in [1.165, 1.54) is 6.42 Å². The Morgan fingerprint density at radius 2 is 1.00 bits per heavy atom. The molecule has 2 aliphatic rings.